The van der Waals surface area contributed by atoms with Crippen LogP contribution in [-0.2, 0) is 6.42 Å². The number of carbonyl (C=O) groups is 1. The van der Waals surface area contributed by atoms with E-state index in [4.69, 9.17) is 14.5 Å². The normalized spacial score (nSPS) is 11.6. The third-order valence-electron chi connectivity index (χ3n) is 7.26. The minimum absolute atomic E-state index is 0.199. The van der Waals surface area contributed by atoms with E-state index in [-0.39, 0.29) is 11.6 Å². The van der Waals surface area contributed by atoms with Crippen molar-refractivity contribution in [2.24, 2.45) is 0 Å². The summed E-state index contributed by atoms with van der Waals surface area (Å²) in [5.41, 5.74) is 2.74. The number of nitrogens with one attached hydrogen (secondary N) is 1. The van der Waals surface area contributed by atoms with E-state index in [0.29, 0.717) is 59.0 Å². The van der Waals surface area contributed by atoms with Gasteiger partial charge in [-0.05, 0) is 66.9 Å². The van der Waals surface area contributed by atoms with Crippen LogP contribution in [0.2, 0.25) is 0 Å². The molecule has 0 fully saturated rings. The molecule has 2 amide bonds. The zero-order valence-corrected chi connectivity index (χ0v) is 24.0. The molecule has 0 aliphatic rings. The molecule has 1 aromatic heterocycles. The molecule has 214 valence electrons. The predicted octanol–water partition coefficient (Wildman–Crippen LogP) is 6.63. The van der Waals surface area contributed by atoms with Gasteiger partial charge in [0.2, 0.25) is 0 Å². The van der Waals surface area contributed by atoms with Gasteiger partial charge in [-0.1, -0.05) is 55.5 Å². The van der Waals surface area contributed by atoms with Gasteiger partial charge < -0.3 is 19.7 Å². The molecule has 1 N–H and O–H groups in total. The lowest BCUT2D eigenvalue weighted by molar-refractivity contribution is 0.182. The molecule has 5 aromatic rings. The van der Waals surface area contributed by atoms with Crippen molar-refractivity contribution < 1.29 is 14.3 Å². The average Bonchev–Trinajstić information content (AvgIpc) is 3.03. The number of rotatable bonds is 10. The first-order valence-corrected chi connectivity index (χ1v) is 13.9. The van der Waals surface area contributed by atoms with Gasteiger partial charge in [0, 0.05) is 18.3 Å². The van der Waals surface area contributed by atoms with Crippen LogP contribution < -0.4 is 20.3 Å². The van der Waals surface area contributed by atoms with Gasteiger partial charge in [0.1, 0.15) is 17.3 Å². The summed E-state index contributed by atoms with van der Waals surface area (Å²) >= 11 is 0. The summed E-state index contributed by atoms with van der Waals surface area (Å²) in [4.78, 5) is 34.8. The van der Waals surface area contributed by atoms with Crippen molar-refractivity contribution >= 4 is 22.6 Å². The molecule has 0 bridgehead atoms. The van der Waals surface area contributed by atoms with Gasteiger partial charge in [0.25, 0.3) is 5.56 Å². The molecular weight excluding hydrogens is 528 g/mol. The summed E-state index contributed by atoms with van der Waals surface area (Å²) in [5, 5.41) is 3.54. The fraction of sp³-hybridized carbons (Fsp3) is 0.206. The van der Waals surface area contributed by atoms with E-state index in [1.165, 1.54) is 0 Å². The molecule has 4 aromatic carbocycles. The van der Waals surface area contributed by atoms with Gasteiger partial charge in [-0.25, -0.2) is 9.78 Å². The van der Waals surface area contributed by atoms with Crippen LogP contribution in [0.1, 0.15) is 30.8 Å². The van der Waals surface area contributed by atoms with Crippen molar-refractivity contribution in [3.63, 3.8) is 0 Å². The van der Waals surface area contributed by atoms with Gasteiger partial charge in [-0.15, -0.1) is 0 Å². The molecule has 0 aliphatic carbocycles. The third-order valence-corrected chi connectivity index (χ3v) is 7.26. The topological polar surface area (TPSA) is 85.7 Å². The van der Waals surface area contributed by atoms with Gasteiger partial charge in [0.05, 0.1) is 36.9 Å². The third kappa shape index (κ3) is 6.12. The SMILES string of the molecule is CCC(c1nc2ccccc2c(=O)n1-c1ccc(OC)cc1)N(CCc1ccccc1)C(=O)Nc1cccc(OC)c1. The Kier molecular flexibility index (Phi) is 8.82. The van der Waals surface area contributed by atoms with Crippen LogP contribution in [0, 0.1) is 0 Å². The monoisotopic (exact) mass is 562 g/mol. The lowest BCUT2D eigenvalue weighted by Crippen LogP contribution is -2.42. The maximum absolute atomic E-state index is 14.0. The molecule has 1 unspecified atom stereocenters. The van der Waals surface area contributed by atoms with Gasteiger partial charge in [-0.3, -0.25) is 9.36 Å². The Bertz CT molecular complexity index is 1720. The molecule has 0 radical (unpaired) electrons. The summed E-state index contributed by atoms with van der Waals surface area (Å²) < 4.78 is 12.3. The summed E-state index contributed by atoms with van der Waals surface area (Å²) in [5.74, 6) is 1.80. The smallest absolute Gasteiger partial charge is 0.322 e. The second kappa shape index (κ2) is 13.0. The van der Waals surface area contributed by atoms with Crippen molar-refractivity contribution in [1.29, 1.82) is 0 Å². The van der Waals surface area contributed by atoms with Crippen molar-refractivity contribution in [2.75, 3.05) is 26.1 Å². The zero-order chi connectivity index (χ0) is 29.5. The number of anilines is 1. The first-order chi connectivity index (χ1) is 20.5. The zero-order valence-electron chi connectivity index (χ0n) is 24.0. The number of para-hydroxylation sites is 1. The molecule has 8 heteroatoms. The predicted molar refractivity (Wildman–Crippen MR) is 166 cm³/mol. The summed E-state index contributed by atoms with van der Waals surface area (Å²) in [7, 11) is 3.19. The first-order valence-electron chi connectivity index (χ1n) is 13.9. The van der Waals surface area contributed by atoms with E-state index < -0.39 is 6.04 Å². The molecule has 8 nitrogen and oxygen atoms in total. The number of ether oxygens (including phenoxy) is 2. The number of urea groups is 1. The molecule has 0 aliphatic heterocycles. The number of benzene rings is 4. The number of hydrogen-bond donors (Lipinski definition) is 1. The van der Waals surface area contributed by atoms with E-state index in [9.17, 15) is 9.59 Å². The highest BCUT2D eigenvalue weighted by Crippen LogP contribution is 2.28. The standard InChI is InChI=1S/C34H34N4O4/c1-4-31(32-36-30-16-9-8-15-29(30)33(39)38(32)26-17-19-27(41-2)20-18-26)37(22-21-24-11-6-5-7-12-24)34(40)35-25-13-10-14-28(23-25)42-3/h5-20,23,31H,4,21-22H2,1-3H3,(H,35,40). The van der Waals surface area contributed by atoms with E-state index in [1.54, 1.807) is 35.8 Å². The number of hydrogen-bond acceptors (Lipinski definition) is 5. The van der Waals surface area contributed by atoms with Crippen LogP contribution in [0.4, 0.5) is 10.5 Å². The average molecular weight is 563 g/mol. The minimum atomic E-state index is -0.515. The largest absolute Gasteiger partial charge is 0.497 e. The number of aromatic nitrogens is 2. The number of carbonyl (C=O) groups excluding carboxylic acids is 1. The number of fused-ring (bicyclic) bond motifs is 1. The fourth-order valence-corrected chi connectivity index (χ4v) is 5.09. The van der Waals surface area contributed by atoms with Crippen molar-refractivity contribution in [2.45, 2.75) is 25.8 Å². The lowest BCUT2D eigenvalue weighted by Gasteiger charge is -2.32. The van der Waals surface area contributed by atoms with Gasteiger partial charge >= 0.3 is 6.03 Å². The Morgan fingerprint density at radius 1 is 0.881 bits per heavy atom. The number of amides is 2. The van der Waals surface area contributed by atoms with Crippen LogP contribution in [0.3, 0.4) is 0 Å². The Hall–Kier alpha value is -5.11. The van der Waals surface area contributed by atoms with Crippen LogP contribution >= 0.6 is 0 Å². The molecule has 0 spiro atoms. The first kappa shape index (κ1) is 28.4. The van der Waals surface area contributed by atoms with Crippen molar-refractivity contribution in [3.05, 3.63) is 125 Å². The maximum atomic E-state index is 14.0. The number of nitrogens with zero attached hydrogens (tertiary/aromatic N) is 3. The minimum Gasteiger partial charge on any atom is -0.497 e. The maximum Gasteiger partial charge on any atom is 0.322 e. The Morgan fingerprint density at radius 2 is 1.60 bits per heavy atom. The molecule has 0 saturated carbocycles. The van der Waals surface area contributed by atoms with Crippen molar-refractivity contribution in [1.82, 2.24) is 14.5 Å². The quantitative estimate of drug-likeness (QED) is 0.207. The van der Waals surface area contributed by atoms with Gasteiger partial charge in [-0.2, -0.15) is 0 Å². The highest BCUT2D eigenvalue weighted by atomic mass is 16.5. The fourth-order valence-electron chi connectivity index (χ4n) is 5.09. The summed E-state index contributed by atoms with van der Waals surface area (Å²) in [6.07, 6.45) is 1.16. The van der Waals surface area contributed by atoms with E-state index >= 15 is 0 Å². The van der Waals surface area contributed by atoms with Crippen LogP contribution in [0.25, 0.3) is 16.6 Å². The van der Waals surface area contributed by atoms with Crippen LogP contribution in [0.5, 0.6) is 11.5 Å². The Morgan fingerprint density at radius 3 is 2.31 bits per heavy atom. The lowest BCUT2D eigenvalue weighted by atomic mass is 10.1. The molecule has 1 atom stereocenters. The van der Waals surface area contributed by atoms with Gasteiger partial charge in [0.15, 0.2) is 0 Å². The van der Waals surface area contributed by atoms with E-state index in [2.05, 4.69) is 5.32 Å². The highest BCUT2D eigenvalue weighted by Gasteiger charge is 2.29. The number of methoxy groups -OCH3 is 2. The second-order valence-electron chi connectivity index (χ2n) is 9.84. The molecule has 5 rings (SSSR count). The summed E-state index contributed by atoms with van der Waals surface area (Å²) in [6, 6.07) is 31.0. The van der Waals surface area contributed by atoms with Crippen LogP contribution in [0.15, 0.2) is 108 Å². The second-order valence-corrected chi connectivity index (χ2v) is 9.84. The van der Waals surface area contributed by atoms with E-state index in [0.717, 1.165) is 5.56 Å². The van der Waals surface area contributed by atoms with Crippen LogP contribution in [-0.4, -0.2) is 41.2 Å². The molecule has 1 heterocycles. The Balaban J connectivity index is 1.62. The summed E-state index contributed by atoms with van der Waals surface area (Å²) in [6.45, 7) is 2.41. The van der Waals surface area contributed by atoms with Crippen molar-refractivity contribution in [3.8, 4) is 17.2 Å². The molecular formula is C34H34N4O4. The molecule has 42 heavy (non-hydrogen) atoms. The highest BCUT2D eigenvalue weighted by molar-refractivity contribution is 5.90. The van der Waals surface area contributed by atoms with E-state index in [1.807, 2.05) is 97.9 Å². The Labute approximate surface area is 245 Å². The molecule has 0 saturated heterocycles.